The zero-order chi connectivity index (χ0) is 13.0. The van der Waals surface area contributed by atoms with E-state index < -0.39 is 0 Å². The van der Waals surface area contributed by atoms with E-state index in [1.54, 1.807) is 0 Å². The van der Waals surface area contributed by atoms with Crippen molar-refractivity contribution in [2.75, 3.05) is 0 Å². The molecule has 0 aromatic heterocycles. The molecule has 0 aliphatic carbocycles. The number of rotatable bonds is 5. The summed E-state index contributed by atoms with van der Waals surface area (Å²) in [5, 5.41) is 0. The van der Waals surface area contributed by atoms with E-state index in [4.69, 9.17) is 5.73 Å². The third-order valence-corrected chi connectivity index (χ3v) is 3.41. The Kier molecular flexibility index (Phi) is 4.73. The molecule has 0 bridgehead atoms. The highest BCUT2D eigenvalue weighted by molar-refractivity contribution is 5.96. The van der Waals surface area contributed by atoms with Crippen LogP contribution in [0.3, 0.4) is 0 Å². The standard InChI is InChI=1S/C15H23NO/c1-5-6-7-8-13-10(2)9-11(3)14(12(13)4)15(16)17/h9H,5-8H2,1-4H3,(H2,16,17). The van der Waals surface area contributed by atoms with E-state index in [0.717, 1.165) is 17.5 Å². The van der Waals surface area contributed by atoms with Crippen molar-refractivity contribution in [2.24, 2.45) is 5.73 Å². The van der Waals surface area contributed by atoms with Crippen LogP contribution >= 0.6 is 0 Å². The van der Waals surface area contributed by atoms with Gasteiger partial charge >= 0.3 is 0 Å². The summed E-state index contributed by atoms with van der Waals surface area (Å²) in [5.74, 6) is -0.309. The Hall–Kier alpha value is -1.31. The van der Waals surface area contributed by atoms with Gasteiger partial charge in [0.15, 0.2) is 0 Å². The van der Waals surface area contributed by atoms with Gasteiger partial charge in [-0.15, -0.1) is 0 Å². The molecule has 0 aliphatic heterocycles. The Morgan fingerprint density at radius 1 is 1.18 bits per heavy atom. The van der Waals surface area contributed by atoms with Crippen LogP contribution in [0.1, 0.15) is 58.8 Å². The van der Waals surface area contributed by atoms with Crippen molar-refractivity contribution >= 4 is 5.91 Å². The molecule has 0 aliphatic rings. The van der Waals surface area contributed by atoms with Crippen LogP contribution in [0.2, 0.25) is 0 Å². The summed E-state index contributed by atoms with van der Waals surface area (Å²) in [4.78, 5) is 11.5. The van der Waals surface area contributed by atoms with Crippen molar-refractivity contribution in [3.63, 3.8) is 0 Å². The molecule has 2 nitrogen and oxygen atoms in total. The van der Waals surface area contributed by atoms with Gasteiger partial charge in [-0.25, -0.2) is 0 Å². The maximum Gasteiger partial charge on any atom is 0.249 e. The Morgan fingerprint density at radius 2 is 1.82 bits per heavy atom. The normalized spacial score (nSPS) is 10.6. The molecular formula is C15H23NO. The SMILES string of the molecule is CCCCCc1c(C)cc(C)c(C(N)=O)c1C. The monoisotopic (exact) mass is 233 g/mol. The van der Waals surface area contributed by atoms with Gasteiger partial charge in [-0.2, -0.15) is 0 Å². The van der Waals surface area contributed by atoms with Gasteiger partial charge in [-0.3, -0.25) is 4.79 Å². The highest BCUT2D eigenvalue weighted by Gasteiger charge is 2.14. The molecule has 0 radical (unpaired) electrons. The molecule has 17 heavy (non-hydrogen) atoms. The smallest absolute Gasteiger partial charge is 0.249 e. The molecule has 1 rings (SSSR count). The van der Waals surface area contributed by atoms with Crippen molar-refractivity contribution in [2.45, 2.75) is 53.4 Å². The van der Waals surface area contributed by atoms with Crippen LogP contribution in [-0.2, 0) is 6.42 Å². The lowest BCUT2D eigenvalue weighted by molar-refractivity contribution is 0.0999. The van der Waals surface area contributed by atoms with Crippen molar-refractivity contribution in [1.29, 1.82) is 0 Å². The van der Waals surface area contributed by atoms with Gasteiger partial charge < -0.3 is 5.73 Å². The molecule has 1 aromatic rings. The zero-order valence-corrected chi connectivity index (χ0v) is 11.4. The van der Waals surface area contributed by atoms with Crippen molar-refractivity contribution in [3.8, 4) is 0 Å². The fourth-order valence-electron chi connectivity index (χ4n) is 2.54. The number of aryl methyl sites for hydroxylation is 2. The molecule has 94 valence electrons. The number of hydrogen-bond donors (Lipinski definition) is 1. The number of amides is 1. The quantitative estimate of drug-likeness (QED) is 0.778. The number of benzene rings is 1. The molecule has 1 amide bonds. The Bertz CT molecular complexity index is 421. The first-order valence-corrected chi connectivity index (χ1v) is 6.38. The Morgan fingerprint density at radius 3 is 2.35 bits per heavy atom. The van der Waals surface area contributed by atoms with Gasteiger partial charge in [-0.05, 0) is 55.9 Å². The van der Waals surface area contributed by atoms with Gasteiger partial charge in [0.1, 0.15) is 0 Å². The second kappa shape index (κ2) is 5.85. The molecule has 0 fully saturated rings. The average Bonchev–Trinajstić information content (AvgIpc) is 2.21. The fourth-order valence-corrected chi connectivity index (χ4v) is 2.54. The minimum atomic E-state index is -0.309. The van der Waals surface area contributed by atoms with Crippen molar-refractivity contribution in [1.82, 2.24) is 0 Å². The molecule has 0 saturated heterocycles. The lowest BCUT2D eigenvalue weighted by atomic mass is 9.90. The van der Waals surface area contributed by atoms with E-state index in [1.165, 1.54) is 30.4 Å². The van der Waals surface area contributed by atoms with E-state index in [2.05, 4.69) is 19.9 Å². The minimum Gasteiger partial charge on any atom is -0.366 e. The van der Waals surface area contributed by atoms with Gasteiger partial charge in [0, 0.05) is 5.56 Å². The van der Waals surface area contributed by atoms with Crippen LogP contribution in [0.4, 0.5) is 0 Å². The Balaban J connectivity index is 3.12. The van der Waals surface area contributed by atoms with E-state index in [-0.39, 0.29) is 5.91 Å². The maximum atomic E-state index is 11.5. The van der Waals surface area contributed by atoms with E-state index in [0.29, 0.717) is 5.56 Å². The first-order valence-electron chi connectivity index (χ1n) is 6.38. The van der Waals surface area contributed by atoms with E-state index >= 15 is 0 Å². The molecule has 2 heteroatoms. The van der Waals surface area contributed by atoms with Crippen LogP contribution in [0.5, 0.6) is 0 Å². The van der Waals surface area contributed by atoms with Crippen LogP contribution in [0.25, 0.3) is 0 Å². The predicted molar refractivity (Wildman–Crippen MR) is 72.4 cm³/mol. The summed E-state index contributed by atoms with van der Waals surface area (Å²) >= 11 is 0. The zero-order valence-electron chi connectivity index (χ0n) is 11.4. The average molecular weight is 233 g/mol. The van der Waals surface area contributed by atoms with Crippen molar-refractivity contribution in [3.05, 3.63) is 33.9 Å². The summed E-state index contributed by atoms with van der Waals surface area (Å²) in [6.07, 6.45) is 4.68. The first-order chi connectivity index (χ1) is 7.99. The summed E-state index contributed by atoms with van der Waals surface area (Å²) in [6, 6.07) is 2.08. The molecule has 0 saturated carbocycles. The fraction of sp³-hybridized carbons (Fsp3) is 0.533. The van der Waals surface area contributed by atoms with Crippen molar-refractivity contribution < 1.29 is 4.79 Å². The number of nitrogens with two attached hydrogens (primary N) is 1. The molecule has 0 spiro atoms. The summed E-state index contributed by atoms with van der Waals surface area (Å²) in [5.41, 5.74) is 10.8. The third-order valence-electron chi connectivity index (χ3n) is 3.41. The lowest BCUT2D eigenvalue weighted by Gasteiger charge is -2.15. The second-order valence-electron chi connectivity index (χ2n) is 4.81. The number of carbonyl (C=O) groups excluding carboxylic acids is 1. The molecule has 1 aromatic carbocycles. The summed E-state index contributed by atoms with van der Waals surface area (Å²) < 4.78 is 0. The summed E-state index contributed by atoms with van der Waals surface area (Å²) in [7, 11) is 0. The summed E-state index contributed by atoms with van der Waals surface area (Å²) in [6.45, 7) is 8.28. The van der Waals surface area contributed by atoms with Crippen LogP contribution in [0.15, 0.2) is 6.07 Å². The van der Waals surface area contributed by atoms with Gasteiger partial charge in [0.25, 0.3) is 0 Å². The van der Waals surface area contributed by atoms with Gasteiger partial charge in [-0.1, -0.05) is 25.8 Å². The molecule has 0 heterocycles. The molecule has 2 N–H and O–H groups in total. The van der Waals surface area contributed by atoms with E-state index in [1.807, 2.05) is 13.8 Å². The van der Waals surface area contributed by atoms with Crippen LogP contribution in [0, 0.1) is 20.8 Å². The maximum absolute atomic E-state index is 11.5. The molecule has 0 unspecified atom stereocenters. The highest BCUT2D eigenvalue weighted by atomic mass is 16.1. The topological polar surface area (TPSA) is 43.1 Å². The third kappa shape index (κ3) is 3.09. The number of carbonyl (C=O) groups is 1. The minimum absolute atomic E-state index is 0.309. The van der Waals surface area contributed by atoms with Crippen LogP contribution < -0.4 is 5.73 Å². The van der Waals surface area contributed by atoms with E-state index in [9.17, 15) is 4.79 Å². The van der Waals surface area contributed by atoms with Gasteiger partial charge in [0.05, 0.1) is 0 Å². The first kappa shape index (κ1) is 13.8. The highest BCUT2D eigenvalue weighted by Crippen LogP contribution is 2.23. The predicted octanol–water partition coefficient (Wildman–Crippen LogP) is 3.44. The number of unbranched alkanes of at least 4 members (excludes halogenated alkanes) is 2. The Labute approximate surface area is 104 Å². The van der Waals surface area contributed by atoms with Crippen LogP contribution in [-0.4, -0.2) is 5.91 Å². The van der Waals surface area contributed by atoms with Gasteiger partial charge in [0.2, 0.25) is 5.91 Å². The molecular weight excluding hydrogens is 210 g/mol. The number of primary amides is 1. The largest absolute Gasteiger partial charge is 0.366 e. The lowest BCUT2D eigenvalue weighted by Crippen LogP contribution is -2.16. The second-order valence-corrected chi connectivity index (χ2v) is 4.81. The number of hydrogen-bond acceptors (Lipinski definition) is 1. The molecule has 0 atom stereocenters.